The van der Waals surface area contributed by atoms with E-state index in [4.69, 9.17) is 4.74 Å². The second kappa shape index (κ2) is 8.26. The van der Waals surface area contributed by atoms with Crippen LogP contribution in [0.15, 0.2) is 30.3 Å². The van der Waals surface area contributed by atoms with Crippen LogP contribution in [0.2, 0.25) is 0 Å². The van der Waals surface area contributed by atoms with Gasteiger partial charge < -0.3 is 20.7 Å². The molecule has 1 aliphatic heterocycles. The summed E-state index contributed by atoms with van der Waals surface area (Å²) in [4.78, 5) is 23.1. The number of hydrogen-bond acceptors (Lipinski definition) is 4. The van der Waals surface area contributed by atoms with Gasteiger partial charge >= 0.3 is 0 Å². The van der Waals surface area contributed by atoms with Gasteiger partial charge in [-0.25, -0.2) is 0 Å². The lowest BCUT2D eigenvalue weighted by Gasteiger charge is -2.12. The highest BCUT2D eigenvalue weighted by atomic mass is 16.5. The Morgan fingerprint density at radius 3 is 2.71 bits per heavy atom. The molecule has 1 aliphatic rings. The molecule has 1 heterocycles. The minimum absolute atomic E-state index is 0.0241. The highest BCUT2D eigenvalue weighted by Crippen LogP contribution is 2.07. The van der Waals surface area contributed by atoms with Crippen molar-refractivity contribution in [3.05, 3.63) is 30.3 Å². The molecule has 3 N–H and O–H groups in total. The Morgan fingerprint density at radius 2 is 2.00 bits per heavy atom. The molecule has 0 radical (unpaired) electrons. The highest BCUT2D eigenvalue weighted by Gasteiger charge is 2.14. The standard InChI is InChI=1S/C15H21N3O3/c19-14(17-9-12-5-4-8-16-12)10-18-15(20)11-21-13-6-2-1-3-7-13/h1-3,6-7,12,16H,4-5,8-11H2,(H,17,19)(H,18,20). The average Bonchev–Trinajstić information content (AvgIpc) is 3.03. The van der Waals surface area contributed by atoms with Crippen molar-refractivity contribution in [2.45, 2.75) is 18.9 Å². The molecule has 114 valence electrons. The first-order valence-corrected chi connectivity index (χ1v) is 7.18. The topological polar surface area (TPSA) is 79.5 Å². The van der Waals surface area contributed by atoms with E-state index in [9.17, 15) is 9.59 Å². The van der Waals surface area contributed by atoms with Crippen LogP contribution in [-0.2, 0) is 9.59 Å². The summed E-state index contributed by atoms with van der Waals surface area (Å²) in [6.45, 7) is 1.49. The maximum atomic E-state index is 11.6. The summed E-state index contributed by atoms with van der Waals surface area (Å²) in [7, 11) is 0. The Bertz CT molecular complexity index is 458. The molecule has 2 amide bonds. The molecular weight excluding hydrogens is 270 g/mol. The van der Waals surface area contributed by atoms with Crippen molar-refractivity contribution in [1.82, 2.24) is 16.0 Å². The van der Waals surface area contributed by atoms with Gasteiger partial charge in [-0.1, -0.05) is 18.2 Å². The quantitative estimate of drug-likeness (QED) is 0.663. The smallest absolute Gasteiger partial charge is 0.258 e. The van der Waals surface area contributed by atoms with Gasteiger partial charge in [0.2, 0.25) is 5.91 Å². The normalized spacial score (nSPS) is 17.2. The molecule has 6 heteroatoms. The average molecular weight is 291 g/mol. The predicted octanol–water partition coefficient (Wildman–Crippen LogP) is 0.0498. The third kappa shape index (κ3) is 5.83. The predicted molar refractivity (Wildman–Crippen MR) is 79.0 cm³/mol. The number of amides is 2. The number of ether oxygens (including phenoxy) is 1. The van der Waals surface area contributed by atoms with Gasteiger partial charge in [0, 0.05) is 12.6 Å². The van der Waals surface area contributed by atoms with Crippen molar-refractivity contribution >= 4 is 11.8 Å². The van der Waals surface area contributed by atoms with Crippen LogP contribution in [0.4, 0.5) is 0 Å². The van der Waals surface area contributed by atoms with E-state index < -0.39 is 0 Å². The molecule has 1 atom stereocenters. The van der Waals surface area contributed by atoms with Crippen LogP contribution in [0.1, 0.15) is 12.8 Å². The molecule has 1 unspecified atom stereocenters. The maximum Gasteiger partial charge on any atom is 0.258 e. The molecule has 1 aromatic rings. The molecule has 21 heavy (non-hydrogen) atoms. The van der Waals surface area contributed by atoms with E-state index in [1.807, 2.05) is 18.2 Å². The van der Waals surface area contributed by atoms with E-state index in [-0.39, 0.29) is 25.0 Å². The fourth-order valence-electron chi connectivity index (χ4n) is 2.13. The molecule has 0 bridgehead atoms. The summed E-state index contributed by atoms with van der Waals surface area (Å²) in [5.41, 5.74) is 0. The minimum Gasteiger partial charge on any atom is -0.484 e. The van der Waals surface area contributed by atoms with Crippen molar-refractivity contribution in [3.63, 3.8) is 0 Å². The fraction of sp³-hybridized carbons (Fsp3) is 0.467. The molecule has 2 rings (SSSR count). The Kier molecular flexibility index (Phi) is 6.02. The van der Waals surface area contributed by atoms with Crippen LogP contribution in [-0.4, -0.2) is 44.1 Å². The van der Waals surface area contributed by atoms with E-state index in [0.29, 0.717) is 18.3 Å². The second-order valence-corrected chi connectivity index (χ2v) is 4.98. The lowest BCUT2D eigenvalue weighted by atomic mass is 10.2. The van der Waals surface area contributed by atoms with Crippen LogP contribution in [0.3, 0.4) is 0 Å². The van der Waals surface area contributed by atoms with Crippen molar-refractivity contribution < 1.29 is 14.3 Å². The SMILES string of the molecule is O=C(CNC(=O)COc1ccccc1)NCC1CCCN1. The first kappa shape index (κ1) is 15.3. The molecule has 6 nitrogen and oxygen atoms in total. The monoisotopic (exact) mass is 291 g/mol. The molecule has 0 aromatic heterocycles. The van der Waals surface area contributed by atoms with E-state index in [0.717, 1.165) is 19.4 Å². The van der Waals surface area contributed by atoms with Gasteiger partial charge in [-0.3, -0.25) is 9.59 Å². The lowest BCUT2D eigenvalue weighted by Crippen LogP contribution is -2.43. The summed E-state index contributed by atoms with van der Waals surface area (Å²) in [6.07, 6.45) is 2.23. The van der Waals surface area contributed by atoms with E-state index in [1.54, 1.807) is 12.1 Å². The minimum atomic E-state index is -0.312. The van der Waals surface area contributed by atoms with Gasteiger partial charge in [-0.15, -0.1) is 0 Å². The van der Waals surface area contributed by atoms with Crippen LogP contribution in [0, 0.1) is 0 Å². The van der Waals surface area contributed by atoms with Crippen molar-refractivity contribution in [2.24, 2.45) is 0 Å². The van der Waals surface area contributed by atoms with Crippen LogP contribution in [0.5, 0.6) is 5.75 Å². The maximum absolute atomic E-state index is 11.6. The molecule has 1 saturated heterocycles. The zero-order valence-corrected chi connectivity index (χ0v) is 11.9. The fourth-order valence-corrected chi connectivity index (χ4v) is 2.13. The number of nitrogens with one attached hydrogen (secondary N) is 3. The Morgan fingerprint density at radius 1 is 1.19 bits per heavy atom. The summed E-state index contributed by atoms with van der Waals surface area (Å²) in [6, 6.07) is 9.43. The Hall–Kier alpha value is -2.08. The third-order valence-corrected chi connectivity index (χ3v) is 3.27. The zero-order valence-electron chi connectivity index (χ0n) is 11.9. The van der Waals surface area contributed by atoms with E-state index in [1.165, 1.54) is 0 Å². The molecule has 1 fully saturated rings. The summed E-state index contributed by atoms with van der Waals surface area (Å²) < 4.78 is 5.29. The number of carbonyl (C=O) groups excluding carboxylic acids is 2. The zero-order chi connectivity index (χ0) is 14.9. The third-order valence-electron chi connectivity index (χ3n) is 3.27. The van der Waals surface area contributed by atoms with Crippen molar-refractivity contribution in [1.29, 1.82) is 0 Å². The van der Waals surface area contributed by atoms with E-state index in [2.05, 4.69) is 16.0 Å². The van der Waals surface area contributed by atoms with Crippen LogP contribution >= 0.6 is 0 Å². The summed E-state index contributed by atoms with van der Waals surface area (Å²) in [5.74, 6) is 0.133. The first-order valence-electron chi connectivity index (χ1n) is 7.18. The molecule has 0 saturated carbocycles. The lowest BCUT2D eigenvalue weighted by molar-refractivity contribution is -0.127. The molecular formula is C15H21N3O3. The van der Waals surface area contributed by atoms with Gasteiger partial charge in [0.05, 0.1) is 6.54 Å². The highest BCUT2D eigenvalue weighted by molar-refractivity contribution is 5.85. The van der Waals surface area contributed by atoms with Crippen LogP contribution < -0.4 is 20.7 Å². The van der Waals surface area contributed by atoms with Gasteiger partial charge in [-0.05, 0) is 31.5 Å². The second-order valence-electron chi connectivity index (χ2n) is 4.98. The number of para-hydroxylation sites is 1. The van der Waals surface area contributed by atoms with Gasteiger partial charge in [0.1, 0.15) is 5.75 Å². The van der Waals surface area contributed by atoms with Gasteiger partial charge in [0.25, 0.3) is 5.91 Å². The molecule has 0 aliphatic carbocycles. The summed E-state index contributed by atoms with van der Waals surface area (Å²) in [5, 5.41) is 8.62. The van der Waals surface area contributed by atoms with Crippen LogP contribution in [0.25, 0.3) is 0 Å². The first-order chi connectivity index (χ1) is 10.2. The molecule has 1 aromatic carbocycles. The van der Waals surface area contributed by atoms with E-state index >= 15 is 0 Å². The number of hydrogen-bond donors (Lipinski definition) is 3. The van der Waals surface area contributed by atoms with Crippen molar-refractivity contribution in [3.8, 4) is 5.75 Å². The number of rotatable bonds is 7. The van der Waals surface area contributed by atoms with Gasteiger partial charge in [-0.2, -0.15) is 0 Å². The Labute approximate surface area is 124 Å². The Balaban J connectivity index is 1.56. The van der Waals surface area contributed by atoms with Gasteiger partial charge in [0.15, 0.2) is 6.61 Å². The van der Waals surface area contributed by atoms with Crippen molar-refractivity contribution in [2.75, 3.05) is 26.2 Å². The summed E-state index contributed by atoms with van der Waals surface area (Å²) >= 11 is 0. The molecule has 0 spiro atoms. The number of benzene rings is 1. The largest absolute Gasteiger partial charge is 0.484 e. The number of carbonyl (C=O) groups is 2.